The van der Waals surface area contributed by atoms with Gasteiger partial charge in [0.25, 0.3) is 0 Å². The summed E-state index contributed by atoms with van der Waals surface area (Å²) < 4.78 is 4.08. The number of nitrogens with one attached hydrogen (secondary N) is 1. The highest BCUT2D eigenvalue weighted by Crippen LogP contribution is 2.05. The van der Waals surface area contributed by atoms with E-state index < -0.39 is 0 Å². The molecule has 2 rings (SSSR count). The van der Waals surface area contributed by atoms with Gasteiger partial charge >= 0.3 is 0 Å². The van der Waals surface area contributed by atoms with Crippen molar-refractivity contribution in [1.82, 2.24) is 29.5 Å². The Labute approximate surface area is 131 Å². The minimum Gasteiger partial charge on any atom is -0.357 e. The van der Waals surface area contributed by atoms with Crippen LogP contribution in [0.5, 0.6) is 0 Å². The molecule has 0 amide bonds. The topological polar surface area (TPSA) is 63.3 Å². The predicted molar refractivity (Wildman–Crippen MR) is 87.4 cm³/mol. The molecule has 0 aliphatic heterocycles. The smallest absolute Gasteiger partial charge is 0.194 e. The third kappa shape index (κ3) is 3.66. The molecule has 120 valence electrons. The first-order chi connectivity index (χ1) is 10.5. The van der Waals surface area contributed by atoms with Crippen LogP contribution in [0.2, 0.25) is 0 Å². The monoisotopic (exact) mass is 303 g/mol. The second-order valence-corrected chi connectivity index (χ2v) is 5.36. The Morgan fingerprint density at radius 2 is 2.14 bits per heavy atom. The molecule has 7 heteroatoms. The summed E-state index contributed by atoms with van der Waals surface area (Å²) in [4.78, 5) is 6.78. The van der Waals surface area contributed by atoms with Crippen LogP contribution in [0.3, 0.4) is 0 Å². The van der Waals surface area contributed by atoms with Gasteiger partial charge in [-0.1, -0.05) is 0 Å². The second-order valence-electron chi connectivity index (χ2n) is 5.36. The van der Waals surface area contributed by atoms with Crippen molar-refractivity contribution in [3.63, 3.8) is 0 Å². The van der Waals surface area contributed by atoms with E-state index in [0.717, 1.165) is 30.7 Å². The maximum Gasteiger partial charge on any atom is 0.194 e. The minimum atomic E-state index is 0.511. The molecule has 0 fully saturated rings. The van der Waals surface area contributed by atoms with Crippen molar-refractivity contribution in [3.05, 3.63) is 35.7 Å². The zero-order valence-electron chi connectivity index (χ0n) is 14.0. The largest absolute Gasteiger partial charge is 0.357 e. The van der Waals surface area contributed by atoms with Gasteiger partial charge in [-0.05, 0) is 26.0 Å². The highest BCUT2D eigenvalue weighted by atomic mass is 15.3. The highest BCUT2D eigenvalue weighted by Gasteiger charge is 2.10. The maximum atomic E-state index is 4.67. The van der Waals surface area contributed by atoms with Crippen LogP contribution >= 0.6 is 0 Å². The lowest BCUT2D eigenvalue weighted by atomic mass is 10.4. The molecule has 0 radical (unpaired) electrons. The molecule has 0 unspecified atom stereocenters. The van der Waals surface area contributed by atoms with Gasteiger partial charge in [-0.2, -0.15) is 0 Å². The average Bonchev–Trinajstić information content (AvgIpc) is 3.03. The lowest BCUT2D eigenvalue weighted by Gasteiger charge is -2.22. The number of aryl methyl sites for hydroxylation is 2. The normalized spacial score (nSPS) is 11.8. The second kappa shape index (κ2) is 7.11. The highest BCUT2D eigenvalue weighted by molar-refractivity contribution is 5.79. The van der Waals surface area contributed by atoms with Crippen LogP contribution in [-0.2, 0) is 27.2 Å². The molecule has 0 saturated heterocycles. The van der Waals surface area contributed by atoms with Crippen LogP contribution in [0.4, 0.5) is 0 Å². The van der Waals surface area contributed by atoms with Crippen molar-refractivity contribution in [1.29, 1.82) is 0 Å². The zero-order chi connectivity index (χ0) is 16.1. The van der Waals surface area contributed by atoms with Crippen molar-refractivity contribution in [2.45, 2.75) is 26.9 Å². The minimum absolute atomic E-state index is 0.511. The number of aromatic nitrogens is 4. The van der Waals surface area contributed by atoms with Gasteiger partial charge in [0.15, 0.2) is 11.8 Å². The first kappa shape index (κ1) is 16.1. The van der Waals surface area contributed by atoms with Crippen molar-refractivity contribution in [2.24, 2.45) is 19.1 Å². The van der Waals surface area contributed by atoms with E-state index in [0.29, 0.717) is 6.54 Å². The molecule has 0 saturated carbocycles. The molecule has 0 aliphatic carbocycles. The quantitative estimate of drug-likeness (QED) is 0.663. The fourth-order valence-electron chi connectivity index (χ4n) is 2.18. The summed E-state index contributed by atoms with van der Waals surface area (Å²) in [7, 11) is 6.05. The number of rotatable bonds is 5. The van der Waals surface area contributed by atoms with E-state index in [1.807, 2.05) is 25.6 Å². The first-order valence-electron chi connectivity index (χ1n) is 7.47. The van der Waals surface area contributed by atoms with Gasteiger partial charge in [0.05, 0.1) is 6.54 Å². The molecule has 0 bridgehead atoms. The van der Waals surface area contributed by atoms with Gasteiger partial charge in [0, 0.05) is 39.6 Å². The van der Waals surface area contributed by atoms with E-state index in [2.05, 4.69) is 62.3 Å². The van der Waals surface area contributed by atoms with Gasteiger partial charge in [0.1, 0.15) is 12.4 Å². The molecule has 0 aliphatic rings. The Balaban J connectivity index is 2.09. The van der Waals surface area contributed by atoms with Gasteiger partial charge in [-0.15, -0.1) is 10.2 Å². The third-order valence-corrected chi connectivity index (χ3v) is 3.70. The predicted octanol–water partition coefficient (Wildman–Crippen LogP) is 1.06. The van der Waals surface area contributed by atoms with Crippen molar-refractivity contribution < 1.29 is 0 Å². The van der Waals surface area contributed by atoms with Gasteiger partial charge in [-0.3, -0.25) is 0 Å². The SMILES string of the molecule is CCNC(=NCc1nnc(C)n1C)N(C)Cc1cccn1C. The summed E-state index contributed by atoms with van der Waals surface area (Å²) in [6.45, 7) is 6.14. The van der Waals surface area contributed by atoms with E-state index in [4.69, 9.17) is 0 Å². The third-order valence-electron chi connectivity index (χ3n) is 3.70. The van der Waals surface area contributed by atoms with Crippen LogP contribution in [0.25, 0.3) is 0 Å². The summed E-state index contributed by atoms with van der Waals surface area (Å²) >= 11 is 0. The zero-order valence-corrected chi connectivity index (χ0v) is 14.0. The Morgan fingerprint density at radius 1 is 1.36 bits per heavy atom. The Morgan fingerprint density at radius 3 is 2.68 bits per heavy atom. The molecule has 7 nitrogen and oxygen atoms in total. The summed E-state index contributed by atoms with van der Waals surface area (Å²) in [5.74, 6) is 2.62. The number of hydrogen-bond acceptors (Lipinski definition) is 3. The van der Waals surface area contributed by atoms with E-state index >= 15 is 0 Å². The molecule has 2 aromatic heterocycles. The summed E-state index contributed by atoms with van der Waals surface area (Å²) in [5.41, 5.74) is 1.24. The lowest BCUT2D eigenvalue weighted by molar-refractivity contribution is 0.461. The van der Waals surface area contributed by atoms with Crippen LogP contribution < -0.4 is 5.32 Å². The lowest BCUT2D eigenvalue weighted by Crippen LogP contribution is -2.38. The number of guanidine groups is 1. The van der Waals surface area contributed by atoms with Gasteiger partial charge < -0.3 is 19.4 Å². The fourth-order valence-corrected chi connectivity index (χ4v) is 2.18. The molecule has 0 spiro atoms. The maximum absolute atomic E-state index is 4.67. The number of nitrogens with zero attached hydrogens (tertiary/aromatic N) is 6. The molecule has 1 N–H and O–H groups in total. The van der Waals surface area contributed by atoms with Crippen molar-refractivity contribution >= 4 is 5.96 Å². The van der Waals surface area contributed by atoms with Crippen LogP contribution in [0.1, 0.15) is 24.3 Å². The van der Waals surface area contributed by atoms with E-state index in [1.54, 1.807) is 0 Å². The van der Waals surface area contributed by atoms with Crippen LogP contribution in [0, 0.1) is 6.92 Å². The molecule has 0 atom stereocenters. The standard InChI is InChI=1S/C15H25N7/c1-6-16-15(17-10-14-19-18-12(2)22(14)5)21(4)11-13-8-7-9-20(13)3/h7-9H,6,10-11H2,1-5H3,(H,16,17). The van der Waals surface area contributed by atoms with Gasteiger partial charge in [-0.25, -0.2) is 4.99 Å². The number of hydrogen-bond donors (Lipinski definition) is 1. The van der Waals surface area contributed by atoms with Crippen molar-refractivity contribution in [3.8, 4) is 0 Å². The summed E-state index contributed by atoms with van der Waals surface area (Å²) in [5, 5.41) is 11.5. The Hall–Kier alpha value is -2.31. The van der Waals surface area contributed by atoms with Crippen molar-refractivity contribution in [2.75, 3.05) is 13.6 Å². The average molecular weight is 303 g/mol. The molecule has 0 aromatic carbocycles. The molecule has 2 heterocycles. The first-order valence-corrected chi connectivity index (χ1v) is 7.47. The summed E-state index contributed by atoms with van der Waals surface area (Å²) in [6, 6.07) is 4.17. The van der Waals surface area contributed by atoms with Gasteiger partial charge in [0.2, 0.25) is 0 Å². The molecular formula is C15H25N7. The van der Waals surface area contributed by atoms with E-state index in [9.17, 15) is 0 Å². The Bertz CT molecular complexity index is 638. The molecular weight excluding hydrogens is 278 g/mol. The summed E-state index contributed by atoms with van der Waals surface area (Å²) in [6.07, 6.45) is 2.05. The number of aliphatic imine (C=N–C) groups is 1. The van der Waals surface area contributed by atoms with Crippen LogP contribution in [-0.4, -0.2) is 43.8 Å². The van der Waals surface area contributed by atoms with Crippen LogP contribution in [0.15, 0.2) is 23.3 Å². The molecule has 22 heavy (non-hydrogen) atoms. The molecule has 2 aromatic rings. The fraction of sp³-hybridized carbons (Fsp3) is 0.533. The Kier molecular flexibility index (Phi) is 5.19. The van der Waals surface area contributed by atoms with E-state index in [1.165, 1.54) is 5.69 Å². The van der Waals surface area contributed by atoms with E-state index in [-0.39, 0.29) is 0 Å².